The lowest BCUT2D eigenvalue weighted by Gasteiger charge is -2.28. The zero-order valence-electron chi connectivity index (χ0n) is 29.2. The van der Waals surface area contributed by atoms with Crippen molar-refractivity contribution >= 4 is 17.1 Å². The number of nitro benzene ring substituents is 1. The third kappa shape index (κ3) is 18.3. The summed E-state index contributed by atoms with van der Waals surface area (Å²) in [7, 11) is 0. The first-order chi connectivity index (χ1) is 23.5. The van der Waals surface area contributed by atoms with Crippen molar-refractivity contribution in [3.8, 4) is 5.75 Å². The topological polar surface area (TPSA) is 144 Å². The van der Waals surface area contributed by atoms with Crippen molar-refractivity contribution in [2.75, 3.05) is 91.9 Å². The van der Waals surface area contributed by atoms with Crippen molar-refractivity contribution in [3.05, 3.63) is 58.6 Å². The Labute approximate surface area is 303 Å². The van der Waals surface area contributed by atoms with Crippen LogP contribution in [-0.2, 0) is 0 Å². The number of benzene rings is 2. The Morgan fingerprint density at radius 1 is 0.633 bits per heavy atom. The predicted octanol–water partition coefficient (Wildman–Crippen LogP) is 2.71. The molecule has 1 aliphatic rings. The number of unbranched alkanes of at least 4 members (excludes halogenated alkanes) is 9. The summed E-state index contributed by atoms with van der Waals surface area (Å²) >= 11 is 0. The van der Waals surface area contributed by atoms with Gasteiger partial charge in [-0.05, 0) is 55.8 Å². The lowest BCUT2D eigenvalue weighted by molar-refractivity contribution is -0.799. The fourth-order valence-corrected chi connectivity index (χ4v) is 5.91. The van der Waals surface area contributed by atoms with E-state index in [1.807, 2.05) is 24.3 Å². The predicted molar refractivity (Wildman–Crippen MR) is 189 cm³/mol. The summed E-state index contributed by atoms with van der Waals surface area (Å²) < 4.78 is 6.88. The van der Waals surface area contributed by atoms with Crippen molar-refractivity contribution in [2.45, 2.75) is 64.2 Å². The summed E-state index contributed by atoms with van der Waals surface area (Å²) in [5.41, 5.74) is 1.27. The summed E-state index contributed by atoms with van der Waals surface area (Å²) in [6.07, 6.45) is 12.2. The molecule has 276 valence electrons. The van der Waals surface area contributed by atoms with Crippen LogP contribution < -0.4 is 21.7 Å². The molecule has 3 N–H and O–H groups in total. The third-order valence-corrected chi connectivity index (χ3v) is 9.20. The number of hydrogen-bond acceptors (Lipinski definition) is 10. The van der Waals surface area contributed by atoms with Crippen LogP contribution in [0.15, 0.2) is 58.8 Å². The number of halogens is 1. The van der Waals surface area contributed by atoms with Gasteiger partial charge in [-0.15, -0.1) is 0 Å². The molecule has 1 aliphatic heterocycles. The maximum absolute atomic E-state index is 10.8. The summed E-state index contributed by atoms with van der Waals surface area (Å²) in [5, 5.41) is 47.4. The first kappa shape index (κ1) is 42.6. The minimum atomic E-state index is -0.440. The number of hydrogen-bond donors (Lipinski definition) is 3. The fourth-order valence-electron chi connectivity index (χ4n) is 5.91. The van der Waals surface area contributed by atoms with Crippen LogP contribution in [0.25, 0.3) is 0 Å². The van der Waals surface area contributed by atoms with Gasteiger partial charge in [0.2, 0.25) is 0 Å². The van der Waals surface area contributed by atoms with Crippen LogP contribution in [0.1, 0.15) is 64.2 Å². The molecule has 3 rings (SSSR count). The number of quaternary nitrogens is 1. The van der Waals surface area contributed by atoms with Gasteiger partial charge in [0.05, 0.1) is 49.3 Å². The number of non-ortho nitro benzene ring substituents is 1. The Morgan fingerprint density at radius 2 is 1.12 bits per heavy atom. The molecule has 0 aliphatic carbocycles. The zero-order valence-corrected chi connectivity index (χ0v) is 30.8. The number of nitrogens with zero attached hydrogens (tertiary/aromatic N) is 6. The molecule has 0 saturated carbocycles. The maximum atomic E-state index is 10.8. The van der Waals surface area contributed by atoms with Gasteiger partial charge in [-0.3, -0.25) is 19.9 Å². The van der Waals surface area contributed by atoms with Gasteiger partial charge in [0.1, 0.15) is 25.4 Å². The van der Waals surface area contributed by atoms with E-state index in [4.69, 9.17) is 4.74 Å². The highest BCUT2D eigenvalue weighted by Crippen LogP contribution is 2.23. The molecule has 2 aromatic carbocycles. The number of aliphatic hydroxyl groups excluding tert-OH is 3. The van der Waals surface area contributed by atoms with Gasteiger partial charge in [-0.25, -0.2) is 0 Å². The minimum Gasteiger partial charge on any atom is -1.00 e. The maximum Gasteiger partial charge on any atom is 0.269 e. The van der Waals surface area contributed by atoms with Gasteiger partial charge in [-0.2, -0.15) is 10.2 Å². The second kappa shape index (κ2) is 25.4. The monoisotopic (exact) mass is 750 g/mol. The molecule has 0 unspecified atom stereocenters. The first-order valence-electron chi connectivity index (χ1n) is 18.0. The molecule has 49 heavy (non-hydrogen) atoms. The molecule has 0 atom stereocenters. The van der Waals surface area contributed by atoms with E-state index >= 15 is 0 Å². The van der Waals surface area contributed by atoms with Crippen LogP contribution in [0, 0.1) is 10.1 Å². The molecule has 12 nitrogen and oxygen atoms in total. The molecule has 2 aromatic rings. The summed E-state index contributed by atoms with van der Waals surface area (Å²) in [6.45, 7) is 10.6. The van der Waals surface area contributed by atoms with Gasteiger partial charge in [-0.1, -0.05) is 51.4 Å². The van der Waals surface area contributed by atoms with Gasteiger partial charge < -0.3 is 41.5 Å². The molecule has 1 saturated heterocycles. The van der Waals surface area contributed by atoms with E-state index in [2.05, 4.69) is 20.0 Å². The van der Waals surface area contributed by atoms with Crippen molar-refractivity contribution < 1.29 is 46.4 Å². The van der Waals surface area contributed by atoms with Crippen LogP contribution in [0.3, 0.4) is 0 Å². The number of azo groups is 1. The summed E-state index contributed by atoms with van der Waals surface area (Å²) in [5.74, 6) is 0.809. The minimum absolute atomic E-state index is 0. The largest absolute Gasteiger partial charge is 1.00 e. The Kier molecular flexibility index (Phi) is 22.1. The number of nitro groups is 1. The Bertz CT molecular complexity index is 1170. The SMILES string of the molecule is O=[N+]([O-])c1ccc(N=Nc2ccc(OCCCCCCCCCCCCN(CCO)CCN(CCO)CC[N+]3(CCO)CC3)cc2)cc1.[Br-]. The lowest BCUT2D eigenvalue weighted by atomic mass is 10.1. The second-order valence-corrected chi connectivity index (χ2v) is 12.9. The Morgan fingerprint density at radius 3 is 1.61 bits per heavy atom. The number of rotatable bonds is 29. The van der Waals surface area contributed by atoms with Gasteiger partial charge in [0, 0.05) is 44.9 Å². The van der Waals surface area contributed by atoms with Gasteiger partial charge >= 0.3 is 0 Å². The molecule has 0 amide bonds. The van der Waals surface area contributed by atoms with E-state index < -0.39 is 4.92 Å². The van der Waals surface area contributed by atoms with Gasteiger partial charge in [0.15, 0.2) is 0 Å². The van der Waals surface area contributed by atoms with Crippen LogP contribution in [0.2, 0.25) is 0 Å². The third-order valence-electron chi connectivity index (χ3n) is 9.20. The zero-order chi connectivity index (χ0) is 34.3. The summed E-state index contributed by atoms with van der Waals surface area (Å²) in [6, 6.07) is 13.4. The number of ether oxygens (including phenoxy) is 1. The highest BCUT2D eigenvalue weighted by molar-refractivity contribution is 5.45. The van der Waals surface area contributed by atoms with E-state index in [0.717, 1.165) is 75.4 Å². The average molecular weight is 752 g/mol. The molecular weight excluding hydrogens is 692 g/mol. The van der Waals surface area contributed by atoms with Crippen LogP contribution in [0.5, 0.6) is 5.75 Å². The molecule has 1 fully saturated rings. The standard InChI is InChI=1S/C36H59N6O6.BrH/c43-29-23-39(20-21-40(24-30-44)22-25-42(26-27-42)28-31-45)19-9-7-5-3-1-2-4-6-8-10-32-48-36-17-13-34(14-18-36)38-37-33-11-15-35(16-12-33)41(46)47;/h11-18,43-45H,1-10,19-32H2;1H/q+1;/p-1. The van der Waals surface area contributed by atoms with Crippen molar-refractivity contribution in [2.24, 2.45) is 10.2 Å². The van der Waals surface area contributed by atoms with Crippen LogP contribution >= 0.6 is 0 Å². The summed E-state index contributed by atoms with van der Waals surface area (Å²) in [4.78, 5) is 15.0. The fraction of sp³-hybridized carbons (Fsp3) is 0.667. The lowest BCUT2D eigenvalue weighted by Crippen LogP contribution is -3.00. The Hall–Kier alpha value is -2.52. The molecule has 0 radical (unpaired) electrons. The van der Waals surface area contributed by atoms with Crippen molar-refractivity contribution in [3.63, 3.8) is 0 Å². The van der Waals surface area contributed by atoms with E-state index in [-0.39, 0.29) is 42.5 Å². The second-order valence-electron chi connectivity index (χ2n) is 12.9. The van der Waals surface area contributed by atoms with Crippen LogP contribution in [0.4, 0.5) is 17.1 Å². The molecule has 0 bridgehead atoms. The molecule has 0 aromatic heterocycles. The van der Waals surface area contributed by atoms with E-state index in [1.165, 1.54) is 63.5 Å². The quantitative estimate of drug-likeness (QED) is 0.0288. The van der Waals surface area contributed by atoms with Crippen LogP contribution in [-0.4, -0.2) is 126 Å². The van der Waals surface area contributed by atoms with E-state index in [1.54, 1.807) is 12.1 Å². The highest BCUT2D eigenvalue weighted by atomic mass is 79.9. The van der Waals surface area contributed by atoms with E-state index in [0.29, 0.717) is 31.1 Å². The smallest absolute Gasteiger partial charge is 0.269 e. The van der Waals surface area contributed by atoms with Crippen molar-refractivity contribution in [1.82, 2.24) is 9.80 Å². The van der Waals surface area contributed by atoms with Gasteiger partial charge in [0.25, 0.3) is 5.69 Å². The highest BCUT2D eigenvalue weighted by Gasteiger charge is 2.41. The average Bonchev–Trinajstić information content (AvgIpc) is 3.87. The molecule has 1 heterocycles. The molecule has 13 heteroatoms. The molecule has 0 spiro atoms. The van der Waals surface area contributed by atoms with Crippen molar-refractivity contribution in [1.29, 1.82) is 0 Å². The number of aliphatic hydroxyl groups is 3. The first-order valence-corrected chi connectivity index (χ1v) is 18.0. The normalized spacial score (nSPS) is 13.7. The Balaban J connectivity index is 0.00000833. The van der Waals surface area contributed by atoms with E-state index in [9.17, 15) is 25.4 Å². The molecular formula is C36H59BrN6O6.